The molecule has 0 aromatic heterocycles. The van der Waals surface area contributed by atoms with Gasteiger partial charge in [0, 0.05) is 20.3 Å². The highest BCUT2D eigenvalue weighted by Gasteiger charge is 2.36. The van der Waals surface area contributed by atoms with E-state index < -0.39 is 5.60 Å². The maximum Gasteiger partial charge on any atom is 0.119 e. The Kier molecular flexibility index (Phi) is 4.15. The minimum atomic E-state index is -0.850. The normalized spacial score (nSPS) is 25.4. The van der Waals surface area contributed by atoms with Crippen molar-refractivity contribution in [3.05, 3.63) is 41.6 Å². The Labute approximate surface area is 115 Å². The van der Waals surface area contributed by atoms with Crippen molar-refractivity contribution < 1.29 is 9.84 Å². The molecule has 0 saturated heterocycles. The fourth-order valence-corrected chi connectivity index (χ4v) is 2.76. The van der Waals surface area contributed by atoms with Crippen LogP contribution in [0.25, 0.3) is 0 Å². The van der Waals surface area contributed by atoms with Crippen molar-refractivity contribution in [3.8, 4) is 5.75 Å². The number of rotatable bonds is 3. The van der Waals surface area contributed by atoms with Gasteiger partial charge >= 0.3 is 0 Å². The average Bonchev–Trinajstić information content (AvgIpc) is 2.41. The van der Waals surface area contributed by atoms with E-state index in [9.17, 15) is 5.11 Å². The first-order valence-electron chi connectivity index (χ1n) is 6.81. The Balaban J connectivity index is 2.41. The second kappa shape index (κ2) is 5.66. The lowest BCUT2D eigenvalue weighted by atomic mass is 9.76. The van der Waals surface area contributed by atoms with Crippen LogP contribution >= 0.6 is 0 Å². The predicted octanol–water partition coefficient (Wildman–Crippen LogP) is 2.90. The topological polar surface area (TPSA) is 32.7 Å². The number of methoxy groups -OCH3 is 1. The molecule has 3 heteroatoms. The van der Waals surface area contributed by atoms with Crippen LogP contribution in [0.15, 0.2) is 36.0 Å². The Hall–Kier alpha value is -1.48. The summed E-state index contributed by atoms with van der Waals surface area (Å²) in [6, 6.07) is 7.77. The van der Waals surface area contributed by atoms with E-state index in [1.54, 1.807) is 7.11 Å². The lowest BCUT2D eigenvalue weighted by Crippen LogP contribution is -2.32. The minimum absolute atomic E-state index is 0.778. The van der Waals surface area contributed by atoms with Crippen molar-refractivity contribution in [1.82, 2.24) is 4.90 Å². The largest absolute Gasteiger partial charge is 0.497 e. The molecule has 1 atom stereocenters. The van der Waals surface area contributed by atoms with Gasteiger partial charge in [-0.05, 0) is 49.0 Å². The molecular formula is C16H23NO2. The highest BCUT2D eigenvalue weighted by atomic mass is 16.5. The van der Waals surface area contributed by atoms with E-state index in [-0.39, 0.29) is 0 Å². The Morgan fingerprint density at radius 3 is 2.79 bits per heavy atom. The molecule has 1 saturated carbocycles. The van der Waals surface area contributed by atoms with Crippen LogP contribution in [-0.4, -0.2) is 31.2 Å². The van der Waals surface area contributed by atoms with Crippen LogP contribution in [0.2, 0.25) is 0 Å². The summed E-state index contributed by atoms with van der Waals surface area (Å²) in [6.45, 7) is 0. The molecule has 1 aliphatic rings. The molecule has 1 aromatic carbocycles. The summed E-state index contributed by atoms with van der Waals surface area (Å²) in [4.78, 5) is 2.01. The van der Waals surface area contributed by atoms with Crippen LogP contribution in [0.5, 0.6) is 5.75 Å². The molecule has 1 aliphatic carbocycles. The van der Waals surface area contributed by atoms with Gasteiger partial charge in [-0.3, -0.25) is 0 Å². The number of nitrogens with zero attached hydrogens (tertiary/aromatic N) is 1. The second-order valence-electron chi connectivity index (χ2n) is 5.42. The monoisotopic (exact) mass is 261 g/mol. The van der Waals surface area contributed by atoms with E-state index in [1.807, 2.05) is 43.3 Å². The minimum Gasteiger partial charge on any atom is -0.497 e. The average molecular weight is 261 g/mol. The summed E-state index contributed by atoms with van der Waals surface area (Å²) < 4.78 is 5.27. The fourth-order valence-electron chi connectivity index (χ4n) is 2.76. The van der Waals surface area contributed by atoms with Crippen molar-refractivity contribution in [2.75, 3.05) is 21.2 Å². The van der Waals surface area contributed by atoms with Gasteiger partial charge in [0.25, 0.3) is 0 Å². The van der Waals surface area contributed by atoms with Crippen LogP contribution in [0.1, 0.15) is 31.2 Å². The number of hydrogen-bond acceptors (Lipinski definition) is 3. The predicted molar refractivity (Wildman–Crippen MR) is 77.1 cm³/mol. The highest BCUT2D eigenvalue weighted by molar-refractivity contribution is 5.38. The van der Waals surface area contributed by atoms with Crippen molar-refractivity contribution in [2.24, 2.45) is 0 Å². The smallest absolute Gasteiger partial charge is 0.119 e. The first kappa shape index (κ1) is 13.9. The molecule has 3 nitrogen and oxygen atoms in total. The summed E-state index contributed by atoms with van der Waals surface area (Å²) in [5.74, 6) is 0.792. The highest BCUT2D eigenvalue weighted by Crippen LogP contribution is 2.42. The zero-order valence-electron chi connectivity index (χ0n) is 12.0. The van der Waals surface area contributed by atoms with E-state index >= 15 is 0 Å². The van der Waals surface area contributed by atoms with E-state index in [0.29, 0.717) is 0 Å². The SMILES string of the molecule is COc1cccc(C2(O)CCCC/C2=C\N(C)C)c1. The number of ether oxygens (including phenoxy) is 1. The number of hydrogen-bond donors (Lipinski definition) is 1. The van der Waals surface area contributed by atoms with Gasteiger partial charge in [-0.15, -0.1) is 0 Å². The summed E-state index contributed by atoms with van der Waals surface area (Å²) >= 11 is 0. The molecule has 0 aliphatic heterocycles. The van der Waals surface area contributed by atoms with Crippen LogP contribution in [0.3, 0.4) is 0 Å². The zero-order chi connectivity index (χ0) is 13.9. The second-order valence-corrected chi connectivity index (χ2v) is 5.42. The summed E-state index contributed by atoms with van der Waals surface area (Å²) in [5.41, 5.74) is 1.17. The molecule has 19 heavy (non-hydrogen) atoms. The van der Waals surface area contributed by atoms with Gasteiger partial charge in [-0.1, -0.05) is 12.1 Å². The zero-order valence-corrected chi connectivity index (χ0v) is 12.0. The number of benzene rings is 1. The van der Waals surface area contributed by atoms with Crippen molar-refractivity contribution in [1.29, 1.82) is 0 Å². The third-order valence-electron chi connectivity index (χ3n) is 3.73. The van der Waals surface area contributed by atoms with Crippen LogP contribution < -0.4 is 4.74 Å². The molecule has 0 bridgehead atoms. The molecule has 1 fully saturated rings. The molecule has 1 aromatic rings. The summed E-state index contributed by atoms with van der Waals surface area (Å²) in [5, 5.41) is 11.1. The fraction of sp³-hybridized carbons (Fsp3) is 0.500. The standard InChI is InChI=1S/C16H23NO2/c1-17(2)12-14-7-4-5-10-16(14,18)13-8-6-9-15(11-13)19-3/h6,8-9,11-12,18H,4-5,7,10H2,1-3H3/b14-12+. The third kappa shape index (κ3) is 2.92. The quantitative estimate of drug-likeness (QED) is 0.908. The van der Waals surface area contributed by atoms with E-state index in [0.717, 1.165) is 42.6 Å². The first-order chi connectivity index (χ1) is 9.06. The molecule has 2 rings (SSSR count). The summed E-state index contributed by atoms with van der Waals surface area (Å²) in [6.07, 6.45) is 5.98. The lowest BCUT2D eigenvalue weighted by Gasteiger charge is -2.36. The first-order valence-corrected chi connectivity index (χ1v) is 6.81. The molecular weight excluding hydrogens is 238 g/mol. The van der Waals surface area contributed by atoms with Gasteiger partial charge in [-0.25, -0.2) is 0 Å². The van der Waals surface area contributed by atoms with Crippen LogP contribution in [-0.2, 0) is 5.60 Å². The maximum absolute atomic E-state index is 11.1. The van der Waals surface area contributed by atoms with Crippen molar-refractivity contribution in [2.45, 2.75) is 31.3 Å². The summed E-state index contributed by atoms with van der Waals surface area (Å²) in [7, 11) is 5.64. The van der Waals surface area contributed by atoms with Gasteiger partial charge < -0.3 is 14.7 Å². The third-order valence-corrected chi connectivity index (χ3v) is 3.73. The van der Waals surface area contributed by atoms with Gasteiger partial charge in [-0.2, -0.15) is 0 Å². The van der Waals surface area contributed by atoms with Crippen LogP contribution in [0.4, 0.5) is 0 Å². The van der Waals surface area contributed by atoms with E-state index in [2.05, 4.69) is 6.20 Å². The Morgan fingerprint density at radius 1 is 1.32 bits per heavy atom. The van der Waals surface area contributed by atoms with Crippen molar-refractivity contribution >= 4 is 0 Å². The molecule has 1 N–H and O–H groups in total. The number of aliphatic hydroxyl groups is 1. The van der Waals surface area contributed by atoms with E-state index in [4.69, 9.17) is 4.74 Å². The molecule has 104 valence electrons. The maximum atomic E-state index is 11.1. The lowest BCUT2D eigenvalue weighted by molar-refractivity contribution is 0.0468. The van der Waals surface area contributed by atoms with Gasteiger partial charge in [0.1, 0.15) is 11.4 Å². The molecule has 1 unspecified atom stereocenters. The van der Waals surface area contributed by atoms with Crippen molar-refractivity contribution in [3.63, 3.8) is 0 Å². The molecule has 0 heterocycles. The Bertz CT molecular complexity index is 468. The molecule has 0 amide bonds. The van der Waals surface area contributed by atoms with Gasteiger partial charge in [0.15, 0.2) is 0 Å². The molecule has 0 radical (unpaired) electrons. The molecule has 0 spiro atoms. The Morgan fingerprint density at radius 2 is 2.11 bits per heavy atom. The van der Waals surface area contributed by atoms with E-state index in [1.165, 1.54) is 0 Å². The van der Waals surface area contributed by atoms with Crippen LogP contribution in [0, 0.1) is 0 Å². The van der Waals surface area contributed by atoms with Gasteiger partial charge in [0.05, 0.1) is 7.11 Å². The van der Waals surface area contributed by atoms with Gasteiger partial charge in [0.2, 0.25) is 0 Å².